The number of fused-ring (bicyclic) bond motifs is 1. The fraction of sp³-hybridized carbons (Fsp3) is 0.316. The zero-order valence-electron chi connectivity index (χ0n) is 16.1. The molecule has 2 N–H and O–H groups in total. The molecule has 0 saturated carbocycles. The number of carboxylic acids is 1. The number of hydrogen-bond acceptors (Lipinski definition) is 6. The van der Waals surface area contributed by atoms with Crippen molar-refractivity contribution in [2.24, 2.45) is 0 Å². The number of methoxy groups -OCH3 is 1. The second-order valence-electron chi connectivity index (χ2n) is 6.28. The lowest BCUT2D eigenvalue weighted by atomic mass is 10.2. The molecule has 0 aliphatic heterocycles. The van der Waals surface area contributed by atoms with Gasteiger partial charge in [-0.1, -0.05) is 11.6 Å². The Kier molecular flexibility index (Phi) is 5.60. The number of ether oxygens (including phenoxy) is 1. The molecule has 1 unspecified atom stereocenters. The van der Waals surface area contributed by atoms with Gasteiger partial charge in [0, 0.05) is 24.2 Å². The third-order valence-corrected chi connectivity index (χ3v) is 4.92. The van der Waals surface area contributed by atoms with E-state index in [2.05, 4.69) is 15.4 Å². The van der Waals surface area contributed by atoms with Crippen LogP contribution in [0.3, 0.4) is 0 Å². The lowest BCUT2D eigenvalue weighted by molar-refractivity contribution is -0.138. The third kappa shape index (κ3) is 3.55. The first kappa shape index (κ1) is 19.8. The van der Waals surface area contributed by atoms with Crippen molar-refractivity contribution in [3.63, 3.8) is 0 Å². The lowest BCUT2D eigenvalue weighted by Gasteiger charge is -2.29. The standard InChI is InChI=1S/C19H22ClN5O3/c1-5-24(12(3)19(26)27)18-11(2)17(23-16-8-9-21-25(16)18)22-15-7-6-13(28-4)10-14(15)20/h6-10,12H,5H2,1-4H3,(H,22,23)(H,26,27). The molecule has 28 heavy (non-hydrogen) atoms. The molecule has 0 saturated heterocycles. The van der Waals surface area contributed by atoms with Crippen LogP contribution in [0.2, 0.25) is 5.02 Å². The third-order valence-electron chi connectivity index (χ3n) is 4.61. The van der Waals surface area contributed by atoms with Crippen LogP contribution in [0.1, 0.15) is 19.4 Å². The Morgan fingerprint density at radius 3 is 2.79 bits per heavy atom. The number of benzene rings is 1. The summed E-state index contributed by atoms with van der Waals surface area (Å²) >= 11 is 6.35. The average molecular weight is 404 g/mol. The minimum absolute atomic E-state index is 0.488. The summed E-state index contributed by atoms with van der Waals surface area (Å²) < 4.78 is 6.84. The largest absolute Gasteiger partial charge is 0.497 e. The van der Waals surface area contributed by atoms with Crippen LogP contribution in [0.4, 0.5) is 17.3 Å². The Bertz CT molecular complexity index is 1020. The highest BCUT2D eigenvalue weighted by Crippen LogP contribution is 2.33. The van der Waals surface area contributed by atoms with E-state index in [-0.39, 0.29) is 0 Å². The maximum absolute atomic E-state index is 11.6. The van der Waals surface area contributed by atoms with Crippen LogP contribution in [0.25, 0.3) is 5.65 Å². The summed E-state index contributed by atoms with van der Waals surface area (Å²) in [5.74, 6) is 0.983. The van der Waals surface area contributed by atoms with Gasteiger partial charge in [0.15, 0.2) is 5.65 Å². The number of carbonyl (C=O) groups is 1. The maximum atomic E-state index is 11.6. The lowest BCUT2D eigenvalue weighted by Crippen LogP contribution is -2.40. The predicted octanol–water partition coefficient (Wildman–Crippen LogP) is 3.74. The van der Waals surface area contributed by atoms with Crippen LogP contribution >= 0.6 is 11.6 Å². The molecular formula is C19H22ClN5O3. The Morgan fingerprint density at radius 1 is 1.43 bits per heavy atom. The minimum Gasteiger partial charge on any atom is -0.497 e. The van der Waals surface area contributed by atoms with Gasteiger partial charge in [0.2, 0.25) is 0 Å². The molecule has 9 heteroatoms. The van der Waals surface area contributed by atoms with E-state index in [9.17, 15) is 9.90 Å². The number of carboxylic acid groups (broad SMARTS) is 1. The van der Waals surface area contributed by atoms with E-state index in [1.165, 1.54) is 0 Å². The van der Waals surface area contributed by atoms with E-state index in [1.807, 2.05) is 13.8 Å². The molecule has 0 bridgehead atoms. The average Bonchev–Trinajstić information content (AvgIpc) is 3.13. The normalized spacial score (nSPS) is 12.0. The van der Waals surface area contributed by atoms with Gasteiger partial charge in [-0.15, -0.1) is 0 Å². The van der Waals surface area contributed by atoms with E-state index in [0.29, 0.717) is 40.3 Å². The second kappa shape index (κ2) is 7.93. The smallest absolute Gasteiger partial charge is 0.326 e. The van der Waals surface area contributed by atoms with Crippen LogP contribution in [0.5, 0.6) is 5.75 Å². The number of likely N-dealkylation sites (N-methyl/N-ethyl adjacent to an activating group) is 1. The maximum Gasteiger partial charge on any atom is 0.326 e. The van der Waals surface area contributed by atoms with E-state index in [0.717, 1.165) is 5.56 Å². The summed E-state index contributed by atoms with van der Waals surface area (Å²) in [5, 5.41) is 17.6. The summed E-state index contributed by atoms with van der Waals surface area (Å²) in [6.45, 7) is 5.92. The number of aliphatic carboxylic acids is 1. The van der Waals surface area contributed by atoms with Crippen molar-refractivity contribution in [2.75, 3.05) is 23.9 Å². The Labute approximate surface area is 167 Å². The minimum atomic E-state index is -0.911. The fourth-order valence-corrected chi connectivity index (χ4v) is 3.28. The van der Waals surface area contributed by atoms with Gasteiger partial charge in [0.05, 0.1) is 24.0 Å². The quantitative estimate of drug-likeness (QED) is 0.620. The van der Waals surface area contributed by atoms with E-state index in [1.54, 1.807) is 53.9 Å². The van der Waals surface area contributed by atoms with Crippen LogP contribution < -0.4 is 15.0 Å². The van der Waals surface area contributed by atoms with E-state index >= 15 is 0 Å². The van der Waals surface area contributed by atoms with Gasteiger partial charge in [-0.2, -0.15) is 9.61 Å². The number of halogens is 1. The van der Waals surface area contributed by atoms with Gasteiger partial charge in [-0.25, -0.2) is 9.78 Å². The van der Waals surface area contributed by atoms with E-state index in [4.69, 9.17) is 16.3 Å². The molecule has 1 aromatic carbocycles. The summed E-state index contributed by atoms with van der Waals surface area (Å²) in [4.78, 5) is 18.0. The molecule has 0 fully saturated rings. The highest BCUT2D eigenvalue weighted by molar-refractivity contribution is 6.33. The summed E-state index contributed by atoms with van der Waals surface area (Å²) in [7, 11) is 1.58. The SMILES string of the molecule is CCN(c1c(C)c(Nc2ccc(OC)cc2Cl)nc2ccnn12)C(C)C(=O)O. The molecule has 0 aliphatic rings. The van der Waals surface area contributed by atoms with Crippen molar-refractivity contribution in [1.82, 2.24) is 14.6 Å². The highest BCUT2D eigenvalue weighted by atomic mass is 35.5. The van der Waals surface area contributed by atoms with Crippen molar-refractivity contribution in [3.05, 3.63) is 41.0 Å². The molecule has 0 spiro atoms. The number of nitrogens with one attached hydrogen (secondary N) is 1. The topological polar surface area (TPSA) is 92.0 Å². The molecule has 0 radical (unpaired) electrons. The van der Waals surface area contributed by atoms with E-state index < -0.39 is 12.0 Å². The zero-order chi connectivity index (χ0) is 20.4. The number of hydrogen-bond donors (Lipinski definition) is 2. The molecule has 148 valence electrons. The van der Waals surface area contributed by atoms with Crippen molar-refractivity contribution in [1.29, 1.82) is 0 Å². The van der Waals surface area contributed by atoms with Crippen molar-refractivity contribution in [3.8, 4) is 5.75 Å². The second-order valence-corrected chi connectivity index (χ2v) is 6.69. The molecule has 1 atom stereocenters. The molecule has 2 aromatic heterocycles. The fourth-order valence-electron chi connectivity index (χ4n) is 3.06. The summed E-state index contributed by atoms with van der Waals surface area (Å²) in [6.07, 6.45) is 1.63. The molecule has 3 aromatic rings. The molecule has 2 heterocycles. The number of nitrogens with zero attached hydrogens (tertiary/aromatic N) is 4. The Morgan fingerprint density at radius 2 is 2.18 bits per heavy atom. The summed E-state index contributed by atoms with van der Waals surface area (Å²) in [6, 6.07) is 6.36. The van der Waals surface area contributed by atoms with Crippen molar-refractivity contribution in [2.45, 2.75) is 26.8 Å². The first-order valence-electron chi connectivity index (χ1n) is 8.81. The Balaban J connectivity index is 2.12. The molecule has 0 aliphatic carbocycles. The van der Waals surface area contributed by atoms with Gasteiger partial charge in [0.25, 0.3) is 0 Å². The van der Waals surface area contributed by atoms with Crippen LogP contribution in [0.15, 0.2) is 30.5 Å². The van der Waals surface area contributed by atoms with Gasteiger partial charge in [-0.3, -0.25) is 0 Å². The van der Waals surface area contributed by atoms with Crippen LogP contribution in [0, 0.1) is 6.92 Å². The highest BCUT2D eigenvalue weighted by Gasteiger charge is 2.25. The van der Waals surface area contributed by atoms with Gasteiger partial charge in [0.1, 0.15) is 23.4 Å². The number of rotatable bonds is 7. The van der Waals surface area contributed by atoms with Gasteiger partial charge < -0.3 is 20.1 Å². The molecular weight excluding hydrogens is 382 g/mol. The zero-order valence-corrected chi connectivity index (χ0v) is 16.9. The van der Waals surface area contributed by atoms with Crippen LogP contribution in [-0.2, 0) is 4.79 Å². The first-order chi connectivity index (χ1) is 13.4. The molecule has 8 nitrogen and oxygen atoms in total. The first-order valence-corrected chi connectivity index (χ1v) is 9.19. The van der Waals surface area contributed by atoms with Crippen LogP contribution in [-0.4, -0.2) is 45.4 Å². The number of aromatic nitrogens is 3. The van der Waals surface area contributed by atoms with Crippen molar-refractivity contribution < 1.29 is 14.6 Å². The molecule has 3 rings (SSSR count). The number of anilines is 3. The van der Waals surface area contributed by atoms with Gasteiger partial charge >= 0.3 is 5.97 Å². The molecule has 0 amide bonds. The predicted molar refractivity (Wildman–Crippen MR) is 109 cm³/mol. The van der Waals surface area contributed by atoms with Gasteiger partial charge in [-0.05, 0) is 32.9 Å². The van der Waals surface area contributed by atoms with Crippen molar-refractivity contribution >= 4 is 40.5 Å². The monoisotopic (exact) mass is 403 g/mol. The summed E-state index contributed by atoms with van der Waals surface area (Å²) in [5.41, 5.74) is 2.03. The Hall–Kier alpha value is -3.00.